The Morgan fingerprint density at radius 3 is 2.39 bits per heavy atom. The molecule has 0 heterocycles. The fourth-order valence-corrected chi connectivity index (χ4v) is 4.04. The van der Waals surface area contributed by atoms with Crippen molar-refractivity contribution in [3.63, 3.8) is 0 Å². The topological polar surface area (TPSA) is 37.4 Å². The highest BCUT2D eigenvalue weighted by molar-refractivity contribution is 7.89. The van der Waals surface area contributed by atoms with Crippen LogP contribution in [-0.2, 0) is 15.9 Å². The van der Waals surface area contributed by atoms with Crippen LogP contribution >= 0.6 is 11.6 Å². The smallest absolute Gasteiger partial charge is 0.207 e. The molecule has 5 heteroatoms. The minimum absolute atomic E-state index is 0.176. The van der Waals surface area contributed by atoms with Gasteiger partial charge in [0, 0.05) is 19.0 Å². The fourth-order valence-electron chi connectivity index (χ4n) is 2.09. The third-order valence-electron chi connectivity index (χ3n) is 3.50. The molecule has 0 atom stereocenters. The molecular weight excluding hydrogens is 270 g/mol. The molecule has 1 aliphatic rings. The molecule has 1 aromatic carbocycles. The van der Waals surface area contributed by atoms with Gasteiger partial charge in [0.05, 0.1) is 4.90 Å². The number of benzene rings is 1. The summed E-state index contributed by atoms with van der Waals surface area (Å²) in [6, 6.07) is 3.78. The molecule has 0 unspecified atom stereocenters. The maximum atomic E-state index is 12.5. The minimum atomic E-state index is -3.38. The van der Waals surface area contributed by atoms with Crippen molar-refractivity contribution in [1.29, 1.82) is 0 Å². The van der Waals surface area contributed by atoms with Gasteiger partial charge in [-0.1, -0.05) is 6.07 Å². The van der Waals surface area contributed by atoms with Gasteiger partial charge in [0.1, 0.15) is 0 Å². The van der Waals surface area contributed by atoms with Gasteiger partial charge in [-0.25, -0.2) is 8.42 Å². The lowest BCUT2D eigenvalue weighted by Gasteiger charge is -2.19. The highest BCUT2D eigenvalue weighted by Gasteiger charge is 2.35. The van der Waals surface area contributed by atoms with Crippen molar-refractivity contribution in [2.45, 2.75) is 43.5 Å². The van der Waals surface area contributed by atoms with Gasteiger partial charge in [0.2, 0.25) is 10.0 Å². The molecule has 0 aliphatic heterocycles. The number of rotatable bonds is 4. The second-order valence-electron chi connectivity index (χ2n) is 4.93. The molecule has 0 radical (unpaired) electrons. The number of nitrogens with zero attached hydrogens (tertiary/aromatic N) is 1. The van der Waals surface area contributed by atoms with E-state index in [9.17, 15) is 8.42 Å². The van der Waals surface area contributed by atoms with E-state index in [1.165, 1.54) is 4.31 Å². The minimum Gasteiger partial charge on any atom is -0.207 e. The van der Waals surface area contributed by atoms with Crippen molar-refractivity contribution in [2.75, 3.05) is 7.05 Å². The van der Waals surface area contributed by atoms with Crippen LogP contribution in [0.1, 0.15) is 29.5 Å². The average Bonchev–Trinajstić information content (AvgIpc) is 3.11. The zero-order chi connectivity index (χ0) is 13.5. The average molecular weight is 288 g/mol. The third-order valence-corrected chi connectivity index (χ3v) is 5.84. The lowest BCUT2D eigenvalue weighted by Crippen LogP contribution is -2.29. The van der Waals surface area contributed by atoms with E-state index >= 15 is 0 Å². The Bertz CT molecular complexity index is 565. The maximum absolute atomic E-state index is 12.5. The van der Waals surface area contributed by atoms with Gasteiger partial charge in [-0.15, -0.1) is 11.6 Å². The van der Waals surface area contributed by atoms with Crippen LogP contribution in [0.25, 0.3) is 0 Å². The summed E-state index contributed by atoms with van der Waals surface area (Å²) in [5, 5.41) is 0. The summed E-state index contributed by atoms with van der Waals surface area (Å²) >= 11 is 5.85. The number of aryl methyl sites for hydroxylation is 2. The summed E-state index contributed by atoms with van der Waals surface area (Å²) in [5.74, 6) is 0.335. The zero-order valence-corrected chi connectivity index (χ0v) is 12.5. The molecule has 0 aromatic heterocycles. The monoisotopic (exact) mass is 287 g/mol. The van der Waals surface area contributed by atoms with Crippen molar-refractivity contribution in [3.8, 4) is 0 Å². The number of hydrogen-bond acceptors (Lipinski definition) is 2. The molecule has 18 heavy (non-hydrogen) atoms. The van der Waals surface area contributed by atoms with E-state index < -0.39 is 10.0 Å². The predicted molar refractivity (Wildman–Crippen MR) is 73.4 cm³/mol. The second-order valence-corrected chi connectivity index (χ2v) is 7.16. The summed E-state index contributed by atoms with van der Waals surface area (Å²) < 4.78 is 26.5. The van der Waals surface area contributed by atoms with Crippen LogP contribution in [0.15, 0.2) is 17.0 Å². The van der Waals surface area contributed by atoms with E-state index in [0.29, 0.717) is 10.8 Å². The fraction of sp³-hybridized carbons (Fsp3) is 0.538. The van der Waals surface area contributed by atoms with Crippen LogP contribution < -0.4 is 0 Å². The van der Waals surface area contributed by atoms with Crippen LogP contribution in [0.3, 0.4) is 0 Å². The Balaban J connectivity index is 2.49. The van der Waals surface area contributed by atoms with E-state index in [-0.39, 0.29) is 6.04 Å². The van der Waals surface area contributed by atoms with Gasteiger partial charge in [0.15, 0.2) is 0 Å². The third kappa shape index (κ3) is 2.42. The molecular formula is C13H18ClNO2S. The molecule has 0 N–H and O–H groups in total. The Labute approximate surface area is 114 Å². The number of sulfonamides is 1. The van der Waals surface area contributed by atoms with Crippen LogP contribution in [-0.4, -0.2) is 25.8 Å². The van der Waals surface area contributed by atoms with Gasteiger partial charge < -0.3 is 0 Å². The van der Waals surface area contributed by atoms with Crippen LogP contribution in [0, 0.1) is 13.8 Å². The second kappa shape index (κ2) is 4.83. The molecule has 0 spiro atoms. The van der Waals surface area contributed by atoms with Gasteiger partial charge >= 0.3 is 0 Å². The van der Waals surface area contributed by atoms with Crippen LogP contribution in [0.2, 0.25) is 0 Å². The molecule has 100 valence electrons. The quantitative estimate of drug-likeness (QED) is 0.799. The zero-order valence-electron chi connectivity index (χ0n) is 10.9. The lowest BCUT2D eigenvalue weighted by atomic mass is 10.1. The number of hydrogen-bond donors (Lipinski definition) is 0. The molecule has 2 rings (SSSR count). The number of halogens is 1. The first-order valence-electron chi connectivity index (χ1n) is 6.02. The molecule has 0 amide bonds. The molecule has 3 nitrogen and oxygen atoms in total. The standard InChI is InChI=1S/C13H18ClNO2S/c1-9-6-10(2)13(7-11(9)8-14)18(16,17)15(3)12-4-5-12/h6-7,12H,4-5,8H2,1-3H3. The Morgan fingerprint density at radius 2 is 1.89 bits per heavy atom. The van der Waals surface area contributed by atoms with Crippen molar-refractivity contribution in [2.24, 2.45) is 0 Å². The molecule has 1 aromatic rings. The molecule has 1 saturated carbocycles. The van der Waals surface area contributed by atoms with Crippen molar-refractivity contribution in [3.05, 3.63) is 28.8 Å². The predicted octanol–water partition coefficient (Wildman–Crippen LogP) is 2.83. The molecule has 1 fully saturated rings. The lowest BCUT2D eigenvalue weighted by molar-refractivity contribution is 0.463. The van der Waals surface area contributed by atoms with Gasteiger partial charge in [-0.3, -0.25) is 0 Å². The Hall–Kier alpha value is -0.580. The first-order valence-corrected chi connectivity index (χ1v) is 7.99. The summed E-state index contributed by atoms with van der Waals surface area (Å²) in [6.07, 6.45) is 1.92. The molecule has 1 aliphatic carbocycles. The van der Waals surface area contributed by atoms with E-state index in [1.807, 2.05) is 19.9 Å². The largest absolute Gasteiger partial charge is 0.243 e. The summed E-state index contributed by atoms with van der Waals surface area (Å²) in [4.78, 5) is 0.387. The van der Waals surface area contributed by atoms with E-state index in [4.69, 9.17) is 11.6 Å². The first kappa shape index (κ1) is 13.8. The van der Waals surface area contributed by atoms with Crippen molar-refractivity contribution >= 4 is 21.6 Å². The van der Waals surface area contributed by atoms with E-state index in [1.54, 1.807) is 13.1 Å². The van der Waals surface area contributed by atoms with Gasteiger partial charge in [-0.05, 0) is 49.4 Å². The summed E-state index contributed by atoms with van der Waals surface area (Å²) in [7, 11) is -1.72. The summed E-state index contributed by atoms with van der Waals surface area (Å²) in [5.41, 5.74) is 2.70. The van der Waals surface area contributed by atoms with E-state index in [2.05, 4.69) is 0 Å². The Morgan fingerprint density at radius 1 is 1.28 bits per heavy atom. The van der Waals surface area contributed by atoms with Crippen LogP contribution in [0.4, 0.5) is 0 Å². The maximum Gasteiger partial charge on any atom is 0.243 e. The summed E-state index contributed by atoms with van der Waals surface area (Å²) in [6.45, 7) is 3.78. The van der Waals surface area contributed by atoms with Gasteiger partial charge in [-0.2, -0.15) is 4.31 Å². The first-order chi connectivity index (χ1) is 8.37. The van der Waals surface area contributed by atoms with Gasteiger partial charge in [0.25, 0.3) is 0 Å². The molecule has 0 bridgehead atoms. The molecule has 0 saturated heterocycles. The van der Waals surface area contributed by atoms with E-state index in [0.717, 1.165) is 29.5 Å². The van der Waals surface area contributed by atoms with Crippen molar-refractivity contribution in [1.82, 2.24) is 4.31 Å². The highest BCUT2D eigenvalue weighted by Crippen LogP contribution is 2.32. The Kier molecular flexibility index (Phi) is 3.72. The number of alkyl halides is 1. The van der Waals surface area contributed by atoms with Crippen LogP contribution in [0.5, 0.6) is 0 Å². The normalized spacial score (nSPS) is 16.3. The SMILES string of the molecule is Cc1cc(C)c(S(=O)(=O)N(C)C2CC2)cc1CCl. The highest BCUT2D eigenvalue weighted by atomic mass is 35.5. The van der Waals surface area contributed by atoms with Crippen molar-refractivity contribution < 1.29 is 8.42 Å².